The van der Waals surface area contributed by atoms with Crippen molar-refractivity contribution in [2.75, 3.05) is 9.80 Å². The number of fused-ring (bicyclic) bond motifs is 8. The zero-order chi connectivity index (χ0) is 40.4. The Hall–Kier alpha value is -8.13. The summed E-state index contributed by atoms with van der Waals surface area (Å²) in [7, 11) is 0. The molecular weight excluding hydrogens is 741 g/mol. The lowest BCUT2D eigenvalue weighted by Crippen LogP contribution is -2.16. The van der Waals surface area contributed by atoms with E-state index in [2.05, 4.69) is 214 Å². The Morgan fingerprint density at radius 2 is 0.951 bits per heavy atom. The lowest BCUT2D eigenvalue weighted by molar-refractivity contribution is 0.997. The van der Waals surface area contributed by atoms with E-state index in [0.717, 1.165) is 52.4 Å². The second-order valence-corrected chi connectivity index (χ2v) is 16.0. The molecule has 2 heterocycles. The summed E-state index contributed by atoms with van der Waals surface area (Å²) in [5.41, 5.74) is 13.3. The minimum atomic E-state index is 0.657. The highest BCUT2D eigenvalue weighted by Gasteiger charge is 2.22. The molecule has 0 fully saturated rings. The molecule has 0 spiro atoms. The summed E-state index contributed by atoms with van der Waals surface area (Å²) in [6.45, 7) is 0. The van der Waals surface area contributed by atoms with Crippen molar-refractivity contribution in [3.63, 3.8) is 0 Å². The molecule has 12 rings (SSSR count). The Kier molecular flexibility index (Phi) is 8.01. The first-order valence-electron chi connectivity index (χ1n) is 21.0. The van der Waals surface area contributed by atoms with Crippen LogP contribution in [0.1, 0.15) is 18.4 Å². The Bertz CT molecular complexity index is 3540. The minimum Gasteiger partial charge on any atom is -0.311 e. The number of para-hydroxylation sites is 3. The van der Waals surface area contributed by atoms with Gasteiger partial charge in [-0.1, -0.05) is 91.0 Å². The molecule has 0 radical (unpaired) electrons. The molecule has 0 bridgehead atoms. The van der Waals surface area contributed by atoms with Crippen LogP contribution in [0.4, 0.5) is 28.4 Å². The summed E-state index contributed by atoms with van der Waals surface area (Å²) < 4.78 is 2.49. The standard InChI is InChI=1S/C57H38N4/c58-37-38-21-23-39(24-22-38)44-33-53-51-31-42-29-49(59(45-13-5-1-6-14-45)46-15-7-2-8-16-46)27-25-40(42)35-55(51)61-56-36-41-26-28-50(30-43(41)32-52(56)54(34-44)57(53)61)60(47-17-9-3-10-18-47)48-19-11-4-12-20-48/h1-3,5-11,13-36H,4,12H2. The zero-order valence-electron chi connectivity index (χ0n) is 33.3. The molecule has 0 saturated carbocycles. The van der Waals surface area contributed by atoms with E-state index >= 15 is 0 Å². The van der Waals surface area contributed by atoms with Crippen LogP contribution in [0.25, 0.3) is 70.8 Å². The number of nitriles is 1. The molecule has 2 aromatic heterocycles. The SMILES string of the molecule is N#Cc1ccc(-c2cc3c4cc5cc(N(C6=CCCC=C6)c6ccccc6)ccc5cc4n4c5cc6ccc(N(c7ccccc7)c7ccccc7)cc6cc5c(c2)c34)cc1. The number of benzene rings is 9. The van der Waals surface area contributed by atoms with E-state index in [-0.39, 0.29) is 0 Å². The number of nitrogens with zero attached hydrogens (tertiary/aromatic N) is 4. The largest absolute Gasteiger partial charge is 0.311 e. The maximum Gasteiger partial charge on any atom is 0.0991 e. The van der Waals surface area contributed by atoms with Crippen LogP contribution in [-0.2, 0) is 0 Å². The normalized spacial score (nSPS) is 12.8. The van der Waals surface area contributed by atoms with E-state index in [1.54, 1.807) is 0 Å². The second-order valence-electron chi connectivity index (χ2n) is 16.0. The fourth-order valence-electron chi connectivity index (χ4n) is 9.58. The number of allylic oxidation sites excluding steroid dienone is 3. The van der Waals surface area contributed by atoms with E-state index in [1.165, 1.54) is 65.3 Å². The third kappa shape index (κ3) is 5.74. The third-order valence-electron chi connectivity index (χ3n) is 12.4. The summed E-state index contributed by atoms with van der Waals surface area (Å²) in [5, 5.41) is 19.3. The van der Waals surface area contributed by atoms with Gasteiger partial charge < -0.3 is 14.2 Å². The van der Waals surface area contributed by atoms with Gasteiger partial charge in [-0.15, -0.1) is 0 Å². The van der Waals surface area contributed by atoms with E-state index in [1.807, 2.05) is 12.1 Å². The van der Waals surface area contributed by atoms with Crippen LogP contribution >= 0.6 is 0 Å². The monoisotopic (exact) mass is 778 g/mol. The van der Waals surface area contributed by atoms with Crippen LogP contribution in [0.3, 0.4) is 0 Å². The molecule has 11 aromatic rings. The van der Waals surface area contributed by atoms with Crippen molar-refractivity contribution in [1.82, 2.24) is 4.40 Å². The van der Waals surface area contributed by atoms with Gasteiger partial charge in [0.25, 0.3) is 0 Å². The highest BCUT2D eigenvalue weighted by Crippen LogP contribution is 2.45. The highest BCUT2D eigenvalue weighted by molar-refractivity contribution is 6.27. The molecule has 4 heteroatoms. The second kappa shape index (κ2) is 14.0. The molecule has 286 valence electrons. The zero-order valence-corrected chi connectivity index (χ0v) is 33.3. The molecule has 4 nitrogen and oxygen atoms in total. The van der Waals surface area contributed by atoms with Gasteiger partial charge in [0.1, 0.15) is 0 Å². The van der Waals surface area contributed by atoms with Crippen LogP contribution in [0.2, 0.25) is 0 Å². The van der Waals surface area contributed by atoms with Gasteiger partial charge in [0.2, 0.25) is 0 Å². The van der Waals surface area contributed by atoms with Gasteiger partial charge in [0, 0.05) is 55.7 Å². The lowest BCUT2D eigenvalue weighted by atomic mass is 9.97. The Labute approximate surface area is 353 Å². The van der Waals surface area contributed by atoms with Gasteiger partial charge in [-0.3, -0.25) is 0 Å². The summed E-state index contributed by atoms with van der Waals surface area (Å²) in [4.78, 5) is 4.70. The van der Waals surface area contributed by atoms with Crippen molar-refractivity contribution >= 4 is 88.1 Å². The van der Waals surface area contributed by atoms with Gasteiger partial charge in [-0.05, 0) is 161 Å². The number of rotatable bonds is 7. The van der Waals surface area contributed by atoms with E-state index in [9.17, 15) is 5.26 Å². The number of aromatic nitrogens is 1. The number of hydrogen-bond donors (Lipinski definition) is 0. The molecule has 0 amide bonds. The highest BCUT2D eigenvalue weighted by atomic mass is 15.1. The summed E-state index contributed by atoms with van der Waals surface area (Å²) in [5.74, 6) is 0. The first-order valence-corrected chi connectivity index (χ1v) is 21.0. The van der Waals surface area contributed by atoms with Gasteiger partial charge in [-0.25, -0.2) is 0 Å². The third-order valence-corrected chi connectivity index (χ3v) is 12.4. The topological polar surface area (TPSA) is 34.7 Å². The predicted octanol–water partition coefficient (Wildman–Crippen LogP) is 15.5. The Morgan fingerprint density at radius 3 is 1.46 bits per heavy atom. The van der Waals surface area contributed by atoms with Crippen molar-refractivity contribution in [3.05, 3.63) is 218 Å². The fraction of sp³-hybridized carbons (Fsp3) is 0.0351. The van der Waals surface area contributed by atoms with Crippen LogP contribution in [0.5, 0.6) is 0 Å². The minimum absolute atomic E-state index is 0.657. The van der Waals surface area contributed by atoms with E-state index < -0.39 is 0 Å². The number of anilines is 5. The summed E-state index contributed by atoms with van der Waals surface area (Å²) in [6.07, 6.45) is 8.97. The van der Waals surface area contributed by atoms with Crippen LogP contribution in [-0.4, -0.2) is 4.40 Å². The quantitative estimate of drug-likeness (QED) is 0.162. The molecule has 0 saturated heterocycles. The van der Waals surface area contributed by atoms with Gasteiger partial charge in [0.15, 0.2) is 0 Å². The lowest BCUT2D eigenvalue weighted by Gasteiger charge is -2.28. The smallest absolute Gasteiger partial charge is 0.0991 e. The van der Waals surface area contributed by atoms with Crippen LogP contribution in [0, 0.1) is 11.3 Å². The van der Waals surface area contributed by atoms with Crippen LogP contribution < -0.4 is 9.80 Å². The maximum absolute atomic E-state index is 9.61. The average molecular weight is 779 g/mol. The molecular formula is C57H38N4. The molecule has 0 unspecified atom stereocenters. The van der Waals surface area contributed by atoms with E-state index in [4.69, 9.17) is 0 Å². The Morgan fingerprint density at radius 1 is 0.426 bits per heavy atom. The molecule has 1 aliphatic carbocycles. The Balaban J connectivity index is 1.09. The van der Waals surface area contributed by atoms with Crippen molar-refractivity contribution in [1.29, 1.82) is 5.26 Å². The van der Waals surface area contributed by atoms with Gasteiger partial charge >= 0.3 is 0 Å². The predicted molar refractivity (Wildman–Crippen MR) is 256 cm³/mol. The average Bonchev–Trinajstić information content (AvgIpc) is 3.82. The number of hydrogen-bond acceptors (Lipinski definition) is 3. The van der Waals surface area contributed by atoms with Gasteiger partial charge in [0.05, 0.1) is 28.2 Å². The molecule has 0 aliphatic heterocycles. The molecule has 61 heavy (non-hydrogen) atoms. The first-order chi connectivity index (χ1) is 30.2. The van der Waals surface area contributed by atoms with Crippen molar-refractivity contribution in [2.24, 2.45) is 0 Å². The van der Waals surface area contributed by atoms with Crippen LogP contribution in [0.15, 0.2) is 212 Å². The van der Waals surface area contributed by atoms with Gasteiger partial charge in [-0.2, -0.15) is 5.26 Å². The molecule has 0 atom stereocenters. The van der Waals surface area contributed by atoms with Crippen molar-refractivity contribution in [2.45, 2.75) is 12.8 Å². The maximum atomic E-state index is 9.61. The molecule has 0 N–H and O–H groups in total. The van der Waals surface area contributed by atoms with Crippen molar-refractivity contribution < 1.29 is 0 Å². The van der Waals surface area contributed by atoms with Crippen molar-refractivity contribution in [3.8, 4) is 17.2 Å². The summed E-state index contributed by atoms with van der Waals surface area (Å²) in [6, 6.07) is 70.1. The molecule has 1 aliphatic rings. The summed E-state index contributed by atoms with van der Waals surface area (Å²) >= 11 is 0. The van der Waals surface area contributed by atoms with E-state index in [0.29, 0.717) is 5.56 Å². The fourth-order valence-corrected chi connectivity index (χ4v) is 9.58. The molecule has 9 aromatic carbocycles. The first kappa shape index (κ1) is 34.9.